The van der Waals surface area contributed by atoms with Gasteiger partial charge in [0.1, 0.15) is 0 Å². The van der Waals surface area contributed by atoms with Crippen LogP contribution in [0.4, 0.5) is 0 Å². The third-order valence-corrected chi connectivity index (χ3v) is 5.36. The van der Waals surface area contributed by atoms with Gasteiger partial charge in [-0.3, -0.25) is 15.0 Å². The summed E-state index contributed by atoms with van der Waals surface area (Å²) in [6.07, 6.45) is 20.2. The Morgan fingerprint density at radius 1 is 1.27 bits per heavy atom. The molecule has 0 radical (unpaired) electrons. The summed E-state index contributed by atoms with van der Waals surface area (Å²) < 4.78 is 0. The first-order valence-electron chi connectivity index (χ1n) is 10.9. The summed E-state index contributed by atoms with van der Waals surface area (Å²) >= 11 is 12.3. The molecule has 0 fully saturated rings. The van der Waals surface area contributed by atoms with Crippen molar-refractivity contribution in [2.45, 2.75) is 46.1 Å². The van der Waals surface area contributed by atoms with Gasteiger partial charge in [-0.05, 0) is 44.1 Å². The normalized spacial score (nSPS) is 18.5. The van der Waals surface area contributed by atoms with Crippen LogP contribution in [0.25, 0.3) is 0 Å². The van der Waals surface area contributed by atoms with Crippen LogP contribution in [0.2, 0.25) is 0 Å². The van der Waals surface area contributed by atoms with E-state index in [2.05, 4.69) is 15.0 Å². The van der Waals surface area contributed by atoms with Crippen molar-refractivity contribution < 1.29 is 5.11 Å². The summed E-state index contributed by atoms with van der Waals surface area (Å²) in [6, 6.07) is 3.74. The maximum absolute atomic E-state index is 11.8. The van der Waals surface area contributed by atoms with Crippen LogP contribution < -0.4 is 0 Å². The molecule has 1 aromatic heterocycles. The number of allylic oxidation sites excluding steroid dienone is 8. The van der Waals surface area contributed by atoms with Crippen molar-refractivity contribution >= 4 is 35.6 Å². The lowest BCUT2D eigenvalue weighted by Gasteiger charge is -2.27. The average Bonchev–Trinajstić information content (AvgIpc) is 3.06. The lowest BCUT2D eigenvalue weighted by atomic mass is 9.81. The molecule has 0 amide bonds. The minimum absolute atomic E-state index is 0.143. The monoisotopic (exact) mass is 483 g/mol. The second kappa shape index (κ2) is 13.9. The number of rotatable bonds is 9. The topological polar surface area (TPSA) is 57.8 Å². The number of hydrogen-bond donors (Lipinski definition) is 1. The molecule has 0 aliphatic carbocycles. The van der Waals surface area contributed by atoms with E-state index < -0.39 is 12.0 Å². The van der Waals surface area contributed by atoms with Crippen molar-refractivity contribution in [1.29, 1.82) is 0 Å². The van der Waals surface area contributed by atoms with Gasteiger partial charge >= 0.3 is 0 Å². The number of nitrogens with zero attached hydrogens (tertiary/aromatic N) is 3. The molecule has 3 unspecified atom stereocenters. The number of hydrogen-bond acceptors (Lipinski definition) is 4. The first-order valence-corrected chi connectivity index (χ1v) is 11.7. The van der Waals surface area contributed by atoms with Gasteiger partial charge in [-0.15, -0.1) is 0 Å². The van der Waals surface area contributed by atoms with Crippen LogP contribution in [0, 0.1) is 5.92 Å². The van der Waals surface area contributed by atoms with Crippen molar-refractivity contribution in [1.82, 2.24) is 4.98 Å². The highest BCUT2D eigenvalue weighted by Gasteiger charge is 2.29. The Bertz CT molecular complexity index is 1040. The van der Waals surface area contributed by atoms with Gasteiger partial charge < -0.3 is 5.11 Å². The smallest absolute Gasteiger partial charge is 0.0918 e. The SMILES string of the molecule is CC=N/C=C(\C=C/C)C(C1=CN=CCC=C1)C(O)c1cccnc1C(C)/C=C(Cl)\C=C(/C)Cl. The van der Waals surface area contributed by atoms with Gasteiger partial charge in [0.25, 0.3) is 0 Å². The van der Waals surface area contributed by atoms with E-state index in [-0.39, 0.29) is 5.92 Å². The number of halogens is 2. The van der Waals surface area contributed by atoms with E-state index in [1.54, 1.807) is 37.8 Å². The quantitative estimate of drug-likeness (QED) is 0.290. The van der Waals surface area contributed by atoms with Gasteiger partial charge in [0, 0.05) is 64.9 Å². The molecule has 0 aromatic carbocycles. The molecule has 4 nitrogen and oxygen atoms in total. The largest absolute Gasteiger partial charge is 0.387 e. The highest BCUT2D eigenvalue weighted by atomic mass is 35.5. The molecule has 0 saturated carbocycles. The Kier molecular flexibility index (Phi) is 11.2. The molecule has 2 rings (SSSR count). The van der Waals surface area contributed by atoms with Crippen molar-refractivity contribution in [2.24, 2.45) is 15.9 Å². The van der Waals surface area contributed by atoms with E-state index in [1.807, 2.05) is 69.5 Å². The van der Waals surface area contributed by atoms with Crippen molar-refractivity contribution in [2.75, 3.05) is 0 Å². The van der Waals surface area contributed by atoms with E-state index >= 15 is 0 Å². The van der Waals surface area contributed by atoms with Crippen molar-refractivity contribution in [3.05, 3.63) is 99.7 Å². The minimum atomic E-state index is -0.882. The zero-order valence-electron chi connectivity index (χ0n) is 19.5. The molecule has 6 heteroatoms. The average molecular weight is 484 g/mol. The van der Waals surface area contributed by atoms with E-state index in [0.717, 1.165) is 28.8 Å². The molecule has 1 aliphatic rings. The van der Waals surface area contributed by atoms with Gasteiger partial charge in [-0.1, -0.05) is 66.6 Å². The van der Waals surface area contributed by atoms with Crippen molar-refractivity contribution in [3.63, 3.8) is 0 Å². The van der Waals surface area contributed by atoms with E-state index in [1.165, 1.54) is 0 Å². The van der Waals surface area contributed by atoms with Crippen LogP contribution in [-0.2, 0) is 0 Å². The standard InChI is InChI=1S/C27H31Cl2N3O/c1-5-10-21(17-30-6-2)25(22-11-7-8-13-31-18-22)27(33)24-12-9-14-32-26(24)19(3)15-23(29)16-20(4)28/h5-7,9-19,25,27,33H,8H2,1-4H3/b10-5-,20-16+,21-17+,23-15+,30-6?. The molecule has 2 heterocycles. The molecular formula is C27H31Cl2N3O. The molecular weight excluding hydrogens is 453 g/mol. The van der Waals surface area contributed by atoms with Crippen molar-refractivity contribution in [3.8, 4) is 0 Å². The van der Waals surface area contributed by atoms with Gasteiger partial charge in [-0.25, -0.2) is 0 Å². The maximum atomic E-state index is 11.8. The van der Waals surface area contributed by atoms with Gasteiger partial charge in [0.05, 0.1) is 11.8 Å². The zero-order chi connectivity index (χ0) is 24.2. The highest BCUT2D eigenvalue weighted by molar-refractivity contribution is 6.34. The summed E-state index contributed by atoms with van der Waals surface area (Å²) in [5.41, 5.74) is 3.23. The van der Waals surface area contributed by atoms with Crippen LogP contribution in [0.5, 0.6) is 0 Å². The number of aliphatic hydroxyl groups excluding tert-OH is 1. The molecule has 0 spiro atoms. The number of pyridine rings is 1. The van der Waals surface area contributed by atoms with Gasteiger partial charge in [0.15, 0.2) is 0 Å². The van der Waals surface area contributed by atoms with Gasteiger partial charge in [-0.2, -0.15) is 0 Å². The first kappa shape index (κ1) is 26.7. The fraction of sp³-hybridized carbons (Fsp3) is 0.296. The Labute approximate surface area is 207 Å². The molecule has 1 aromatic rings. The third kappa shape index (κ3) is 8.08. The molecule has 0 saturated heterocycles. The molecule has 0 bridgehead atoms. The summed E-state index contributed by atoms with van der Waals surface area (Å²) in [7, 11) is 0. The minimum Gasteiger partial charge on any atom is -0.387 e. The van der Waals surface area contributed by atoms with E-state index in [4.69, 9.17) is 23.2 Å². The highest BCUT2D eigenvalue weighted by Crippen LogP contribution is 2.38. The Hall–Kier alpha value is -2.53. The predicted molar refractivity (Wildman–Crippen MR) is 142 cm³/mol. The second-order valence-electron chi connectivity index (χ2n) is 7.61. The molecule has 33 heavy (non-hydrogen) atoms. The lowest BCUT2D eigenvalue weighted by Crippen LogP contribution is -2.19. The maximum Gasteiger partial charge on any atom is 0.0918 e. The summed E-state index contributed by atoms with van der Waals surface area (Å²) in [5.74, 6) is -0.535. The first-order chi connectivity index (χ1) is 15.9. The van der Waals surface area contributed by atoms with Crippen LogP contribution in [-0.4, -0.2) is 22.5 Å². The van der Waals surface area contributed by atoms with Gasteiger partial charge in [0.2, 0.25) is 0 Å². The van der Waals surface area contributed by atoms with Crippen LogP contribution in [0.1, 0.15) is 57.4 Å². The Balaban J connectivity index is 2.62. The number of aromatic nitrogens is 1. The summed E-state index contributed by atoms with van der Waals surface area (Å²) in [6.45, 7) is 7.57. The second-order valence-corrected chi connectivity index (χ2v) is 8.64. The van der Waals surface area contributed by atoms with E-state index in [9.17, 15) is 5.11 Å². The Morgan fingerprint density at radius 3 is 2.76 bits per heavy atom. The molecule has 1 aliphatic heterocycles. The lowest BCUT2D eigenvalue weighted by molar-refractivity contribution is 0.142. The fourth-order valence-electron chi connectivity index (χ4n) is 3.62. The number of aliphatic hydroxyl groups is 1. The summed E-state index contributed by atoms with van der Waals surface area (Å²) in [5, 5.41) is 12.9. The molecule has 1 N–H and O–H groups in total. The molecule has 174 valence electrons. The predicted octanol–water partition coefficient (Wildman–Crippen LogP) is 7.57. The van der Waals surface area contributed by atoms with Crippen LogP contribution >= 0.6 is 23.2 Å². The Morgan fingerprint density at radius 2 is 2.06 bits per heavy atom. The van der Waals surface area contributed by atoms with E-state index in [0.29, 0.717) is 10.1 Å². The third-order valence-electron chi connectivity index (χ3n) is 5.01. The zero-order valence-corrected chi connectivity index (χ0v) is 21.0. The fourth-order valence-corrected chi connectivity index (χ4v) is 4.15. The summed E-state index contributed by atoms with van der Waals surface area (Å²) in [4.78, 5) is 13.3. The van der Waals surface area contributed by atoms with Crippen LogP contribution in [0.15, 0.2) is 98.4 Å². The number of aliphatic imine (C=N–C) groups is 2. The molecule has 3 atom stereocenters. The van der Waals surface area contributed by atoms with Crippen LogP contribution in [0.3, 0.4) is 0 Å².